The summed E-state index contributed by atoms with van der Waals surface area (Å²) in [5.41, 5.74) is 1.08. The van der Waals surface area contributed by atoms with Crippen LogP contribution < -0.4 is 15.4 Å². The minimum Gasteiger partial charge on any atom is -0.369 e. The number of hydrogen-bond donors (Lipinski definition) is 3. The minimum atomic E-state index is -3.56. The Bertz CT molecular complexity index is 1030. The molecule has 0 saturated heterocycles. The van der Waals surface area contributed by atoms with E-state index < -0.39 is 10.0 Å². The Kier molecular flexibility index (Phi) is 6.22. The van der Waals surface area contributed by atoms with E-state index in [2.05, 4.69) is 30.3 Å². The number of pyridine rings is 1. The van der Waals surface area contributed by atoms with Crippen molar-refractivity contribution in [2.45, 2.75) is 11.1 Å². The molecule has 0 aliphatic heterocycles. The summed E-state index contributed by atoms with van der Waals surface area (Å²) >= 11 is 6.79. The van der Waals surface area contributed by atoms with Gasteiger partial charge < -0.3 is 10.6 Å². The third-order valence-corrected chi connectivity index (χ3v) is 6.56. The van der Waals surface area contributed by atoms with Crippen molar-refractivity contribution in [2.24, 2.45) is 0 Å². The second kappa shape index (κ2) is 8.61. The lowest BCUT2D eigenvalue weighted by Crippen LogP contribution is -2.28. The van der Waals surface area contributed by atoms with E-state index >= 15 is 0 Å². The summed E-state index contributed by atoms with van der Waals surface area (Å²) in [7, 11) is -3.56. The summed E-state index contributed by atoms with van der Waals surface area (Å²) in [4.78, 5) is 12.5. The Morgan fingerprint density at radius 3 is 2.56 bits per heavy atom. The second-order valence-electron chi connectivity index (χ2n) is 5.52. The Hall–Kier alpha value is -2.27. The van der Waals surface area contributed by atoms with Gasteiger partial charge in [0.15, 0.2) is 0 Å². The van der Waals surface area contributed by atoms with Crippen molar-refractivity contribution in [3.05, 3.63) is 52.8 Å². The number of rotatable bonds is 8. The van der Waals surface area contributed by atoms with Crippen molar-refractivity contribution in [3.63, 3.8) is 0 Å². The van der Waals surface area contributed by atoms with Gasteiger partial charge in [-0.2, -0.15) is 0 Å². The molecule has 27 heavy (non-hydrogen) atoms. The first-order chi connectivity index (χ1) is 12.9. The largest absolute Gasteiger partial charge is 0.369 e. The number of sulfonamides is 1. The lowest BCUT2D eigenvalue weighted by molar-refractivity contribution is 0.585. The van der Waals surface area contributed by atoms with Crippen LogP contribution in [-0.4, -0.2) is 36.5 Å². The smallest absolute Gasteiger partial charge is 0.250 e. The van der Waals surface area contributed by atoms with Crippen LogP contribution in [0.3, 0.4) is 0 Å². The fourth-order valence-corrected chi connectivity index (χ4v) is 4.71. The van der Waals surface area contributed by atoms with Crippen molar-refractivity contribution in [2.75, 3.05) is 23.7 Å². The van der Waals surface area contributed by atoms with E-state index in [0.717, 1.165) is 16.9 Å². The summed E-state index contributed by atoms with van der Waals surface area (Å²) in [6.45, 7) is 2.53. The first kappa shape index (κ1) is 19.5. The van der Waals surface area contributed by atoms with E-state index in [-0.39, 0.29) is 10.8 Å². The number of aryl methyl sites for hydroxylation is 1. The third kappa shape index (κ3) is 5.60. The molecule has 11 heteroatoms. The van der Waals surface area contributed by atoms with Gasteiger partial charge >= 0.3 is 0 Å². The standard InChI is InChI=1S/C16H17ClN6O2S2/c1-11-4-5-18-14(8-11)23-15-9-13(20-10-21-15)19-6-7-22-27(24,25)16-3-2-12(17)26-16/h2-5,8-10,22H,6-7H2,1H3,(H2,18,19,20,21,23). The highest BCUT2D eigenvalue weighted by Crippen LogP contribution is 2.25. The highest BCUT2D eigenvalue weighted by Gasteiger charge is 2.15. The molecule has 0 atom stereocenters. The molecule has 3 aromatic rings. The van der Waals surface area contributed by atoms with Gasteiger partial charge in [-0.1, -0.05) is 11.6 Å². The van der Waals surface area contributed by atoms with Crippen LogP contribution in [-0.2, 0) is 10.0 Å². The number of hydrogen-bond acceptors (Lipinski definition) is 8. The Balaban J connectivity index is 1.53. The second-order valence-corrected chi connectivity index (χ2v) is 9.22. The van der Waals surface area contributed by atoms with E-state index in [1.54, 1.807) is 18.3 Å². The van der Waals surface area contributed by atoms with Gasteiger partial charge in [0, 0.05) is 25.4 Å². The molecular formula is C16H17ClN6O2S2. The number of anilines is 3. The van der Waals surface area contributed by atoms with Gasteiger partial charge in [-0.05, 0) is 36.8 Å². The summed E-state index contributed by atoms with van der Waals surface area (Å²) in [5, 5.41) is 6.15. The van der Waals surface area contributed by atoms with Gasteiger partial charge in [-0.15, -0.1) is 11.3 Å². The zero-order valence-electron chi connectivity index (χ0n) is 14.3. The molecule has 0 amide bonds. The molecule has 0 aliphatic rings. The van der Waals surface area contributed by atoms with Gasteiger partial charge in [0.1, 0.15) is 28.0 Å². The molecule has 3 rings (SSSR count). The van der Waals surface area contributed by atoms with Crippen molar-refractivity contribution < 1.29 is 8.42 Å². The zero-order valence-corrected chi connectivity index (χ0v) is 16.7. The predicted octanol–water partition coefficient (Wildman–Crippen LogP) is 3.03. The van der Waals surface area contributed by atoms with Gasteiger partial charge in [0.05, 0.1) is 4.34 Å². The molecule has 3 N–H and O–H groups in total. The monoisotopic (exact) mass is 424 g/mol. The first-order valence-corrected chi connectivity index (χ1v) is 10.6. The van der Waals surface area contributed by atoms with Crippen LogP contribution >= 0.6 is 22.9 Å². The molecule has 3 heterocycles. The molecule has 0 aliphatic carbocycles. The topological polar surface area (TPSA) is 109 Å². The van der Waals surface area contributed by atoms with E-state index in [1.807, 2.05) is 19.1 Å². The zero-order chi connectivity index (χ0) is 19.3. The van der Waals surface area contributed by atoms with E-state index in [9.17, 15) is 8.42 Å². The average Bonchev–Trinajstić information content (AvgIpc) is 3.07. The fourth-order valence-electron chi connectivity index (χ4n) is 2.15. The quantitative estimate of drug-likeness (QED) is 0.477. The molecule has 142 valence electrons. The van der Waals surface area contributed by atoms with Crippen LogP contribution in [0.5, 0.6) is 0 Å². The Labute approximate surface area is 166 Å². The molecule has 0 bridgehead atoms. The minimum absolute atomic E-state index is 0.187. The maximum atomic E-state index is 12.1. The molecule has 8 nitrogen and oxygen atoms in total. The third-order valence-electron chi connectivity index (χ3n) is 3.38. The summed E-state index contributed by atoms with van der Waals surface area (Å²) < 4.78 is 27.4. The fraction of sp³-hybridized carbons (Fsp3) is 0.188. The van der Waals surface area contributed by atoms with E-state index in [4.69, 9.17) is 11.6 Å². The van der Waals surface area contributed by atoms with Crippen molar-refractivity contribution in [1.29, 1.82) is 0 Å². The van der Waals surface area contributed by atoms with Crippen LogP contribution in [0.1, 0.15) is 5.56 Å². The molecule has 3 aromatic heterocycles. The lowest BCUT2D eigenvalue weighted by Gasteiger charge is -2.09. The van der Waals surface area contributed by atoms with Crippen molar-refractivity contribution >= 4 is 50.4 Å². The summed E-state index contributed by atoms with van der Waals surface area (Å²) in [6.07, 6.45) is 3.13. The molecule has 0 fully saturated rings. The molecule has 0 radical (unpaired) electrons. The highest BCUT2D eigenvalue weighted by atomic mass is 35.5. The maximum absolute atomic E-state index is 12.1. The van der Waals surface area contributed by atoms with Gasteiger partial charge in [0.25, 0.3) is 0 Å². The Morgan fingerprint density at radius 1 is 1.04 bits per heavy atom. The molecular weight excluding hydrogens is 408 g/mol. The Morgan fingerprint density at radius 2 is 1.81 bits per heavy atom. The van der Waals surface area contributed by atoms with E-state index in [1.165, 1.54) is 12.4 Å². The highest BCUT2D eigenvalue weighted by molar-refractivity contribution is 7.91. The molecule has 0 unspecified atom stereocenters. The van der Waals surface area contributed by atoms with Crippen LogP contribution in [0, 0.1) is 6.92 Å². The number of thiophene rings is 1. The molecule has 0 aromatic carbocycles. The number of nitrogens with one attached hydrogen (secondary N) is 3. The molecule has 0 spiro atoms. The van der Waals surface area contributed by atoms with Crippen molar-refractivity contribution in [3.8, 4) is 0 Å². The van der Waals surface area contributed by atoms with Crippen molar-refractivity contribution in [1.82, 2.24) is 19.7 Å². The van der Waals surface area contributed by atoms with Gasteiger partial charge in [0.2, 0.25) is 10.0 Å². The first-order valence-electron chi connectivity index (χ1n) is 7.93. The van der Waals surface area contributed by atoms with Crippen LogP contribution in [0.4, 0.5) is 17.5 Å². The molecule has 0 saturated carbocycles. The number of aromatic nitrogens is 3. The van der Waals surface area contributed by atoms with Crippen LogP contribution in [0.25, 0.3) is 0 Å². The SMILES string of the molecule is Cc1ccnc(Nc2cc(NCCNS(=O)(=O)c3ccc(Cl)s3)ncn2)c1. The lowest BCUT2D eigenvalue weighted by atomic mass is 10.3. The van der Waals surface area contributed by atoms with Gasteiger partial charge in [-0.3, -0.25) is 0 Å². The number of nitrogens with zero attached hydrogens (tertiary/aromatic N) is 3. The summed E-state index contributed by atoms with van der Waals surface area (Å²) in [5.74, 6) is 1.83. The number of halogens is 1. The predicted molar refractivity (Wildman–Crippen MR) is 107 cm³/mol. The average molecular weight is 425 g/mol. The van der Waals surface area contributed by atoms with E-state index in [0.29, 0.717) is 28.3 Å². The normalized spacial score (nSPS) is 11.3. The van der Waals surface area contributed by atoms with Crippen LogP contribution in [0.2, 0.25) is 4.34 Å². The van der Waals surface area contributed by atoms with Crippen LogP contribution in [0.15, 0.2) is 47.1 Å². The summed E-state index contributed by atoms with van der Waals surface area (Å²) in [6, 6.07) is 8.56. The maximum Gasteiger partial charge on any atom is 0.250 e. The van der Waals surface area contributed by atoms with Gasteiger partial charge in [-0.25, -0.2) is 28.1 Å².